The number of hydrogen-bond donors (Lipinski definition) is 2. The summed E-state index contributed by atoms with van der Waals surface area (Å²) in [6, 6.07) is 0. The molecule has 0 aromatic carbocycles. The molecule has 0 aromatic heterocycles. The van der Waals surface area contributed by atoms with E-state index in [1.54, 1.807) is 0 Å². The standard InChI is InChI=1S/C18H36N2O2/c1-2-3-4-5-6-7-8-9-12-15-18(22)20-16-13-10-11-14-17(19)21/h2-16H2,1H3,(H2,19,21)(H,20,22). The van der Waals surface area contributed by atoms with Crippen molar-refractivity contribution >= 4 is 11.8 Å². The SMILES string of the molecule is CCCCCCCCCCCC(=O)NCCCCCC(N)=O. The van der Waals surface area contributed by atoms with Crippen LogP contribution in [0.25, 0.3) is 0 Å². The summed E-state index contributed by atoms with van der Waals surface area (Å²) in [6.07, 6.45) is 15.3. The maximum atomic E-state index is 11.6. The van der Waals surface area contributed by atoms with E-state index in [1.807, 2.05) is 0 Å². The van der Waals surface area contributed by atoms with Crippen LogP contribution in [0, 0.1) is 0 Å². The Kier molecular flexibility index (Phi) is 15.5. The Morgan fingerprint density at radius 3 is 1.82 bits per heavy atom. The quantitative estimate of drug-likeness (QED) is 0.422. The van der Waals surface area contributed by atoms with Crippen molar-refractivity contribution in [1.82, 2.24) is 5.32 Å². The molecule has 0 fully saturated rings. The lowest BCUT2D eigenvalue weighted by atomic mass is 10.1. The van der Waals surface area contributed by atoms with Crippen molar-refractivity contribution in [3.8, 4) is 0 Å². The third-order valence-electron chi connectivity index (χ3n) is 3.93. The highest BCUT2D eigenvalue weighted by Crippen LogP contribution is 2.10. The number of unbranched alkanes of at least 4 members (excludes halogenated alkanes) is 10. The second kappa shape index (κ2) is 16.3. The van der Waals surface area contributed by atoms with Gasteiger partial charge in [-0.3, -0.25) is 9.59 Å². The second-order valence-corrected chi connectivity index (χ2v) is 6.21. The molecule has 4 nitrogen and oxygen atoms in total. The summed E-state index contributed by atoms with van der Waals surface area (Å²) in [7, 11) is 0. The van der Waals surface area contributed by atoms with Gasteiger partial charge in [-0.25, -0.2) is 0 Å². The zero-order chi connectivity index (χ0) is 16.5. The lowest BCUT2D eigenvalue weighted by molar-refractivity contribution is -0.121. The van der Waals surface area contributed by atoms with Gasteiger partial charge in [-0.1, -0.05) is 64.7 Å². The van der Waals surface area contributed by atoms with Gasteiger partial charge in [-0.15, -0.1) is 0 Å². The molecule has 0 aliphatic rings. The van der Waals surface area contributed by atoms with Gasteiger partial charge in [0.05, 0.1) is 0 Å². The summed E-state index contributed by atoms with van der Waals surface area (Å²) in [5, 5.41) is 2.94. The summed E-state index contributed by atoms with van der Waals surface area (Å²) < 4.78 is 0. The number of carbonyl (C=O) groups excluding carboxylic acids is 2. The fourth-order valence-electron chi connectivity index (χ4n) is 2.51. The van der Waals surface area contributed by atoms with Crippen LogP contribution in [0.5, 0.6) is 0 Å². The van der Waals surface area contributed by atoms with Crippen molar-refractivity contribution in [2.45, 2.75) is 96.8 Å². The van der Waals surface area contributed by atoms with E-state index in [1.165, 1.54) is 51.4 Å². The first-order valence-corrected chi connectivity index (χ1v) is 9.21. The van der Waals surface area contributed by atoms with Gasteiger partial charge in [-0.2, -0.15) is 0 Å². The van der Waals surface area contributed by atoms with Gasteiger partial charge in [0.2, 0.25) is 11.8 Å². The van der Waals surface area contributed by atoms with E-state index in [0.717, 1.165) is 32.2 Å². The highest BCUT2D eigenvalue weighted by Gasteiger charge is 2.01. The Morgan fingerprint density at radius 2 is 1.23 bits per heavy atom. The predicted molar refractivity (Wildman–Crippen MR) is 92.5 cm³/mol. The molecule has 0 aliphatic carbocycles. The van der Waals surface area contributed by atoms with Gasteiger partial charge in [-0.05, 0) is 19.3 Å². The van der Waals surface area contributed by atoms with Crippen LogP contribution < -0.4 is 11.1 Å². The lowest BCUT2D eigenvalue weighted by Gasteiger charge is -2.05. The van der Waals surface area contributed by atoms with Crippen LogP contribution in [-0.2, 0) is 9.59 Å². The van der Waals surface area contributed by atoms with Gasteiger partial charge in [0.25, 0.3) is 0 Å². The highest BCUT2D eigenvalue weighted by atomic mass is 16.1. The van der Waals surface area contributed by atoms with Crippen molar-refractivity contribution in [2.24, 2.45) is 5.73 Å². The Hall–Kier alpha value is -1.06. The zero-order valence-electron chi connectivity index (χ0n) is 14.5. The van der Waals surface area contributed by atoms with Crippen molar-refractivity contribution in [3.05, 3.63) is 0 Å². The normalized spacial score (nSPS) is 10.6. The van der Waals surface area contributed by atoms with Crippen molar-refractivity contribution in [3.63, 3.8) is 0 Å². The number of rotatable bonds is 16. The topological polar surface area (TPSA) is 72.2 Å². The molecule has 130 valence electrons. The van der Waals surface area contributed by atoms with E-state index in [9.17, 15) is 9.59 Å². The monoisotopic (exact) mass is 312 g/mol. The average Bonchev–Trinajstić information content (AvgIpc) is 2.48. The molecule has 4 heteroatoms. The second-order valence-electron chi connectivity index (χ2n) is 6.21. The molecule has 2 amide bonds. The van der Waals surface area contributed by atoms with Crippen LogP contribution in [0.15, 0.2) is 0 Å². The van der Waals surface area contributed by atoms with Gasteiger partial charge in [0.1, 0.15) is 0 Å². The molecule has 0 unspecified atom stereocenters. The fraction of sp³-hybridized carbons (Fsp3) is 0.889. The third-order valence-corrected chi connectivity index (χ3v) is 3.93. The molecule has 0 saturated heterocycles. The average molecular weight is 312 g/mol. The van der Waals surface area contributed by atoms with E-state index in [-0.39, 0.29) is 11.8 Å². The lowest BCUT2D eigenvalue weighted by Crippen LogP contribution is -2.24. The largest absolute Gasteiger partial charge is 0.370 e. The zero-order valence-corrected chi connectivity index (χ0v) is 14.5. The molecule has 3 N–H and O–H groups in total. The Balaban J connectivity index is 3.17. The van der Waals surface area contributed by atoms with E-state index >= 15 is 0 Å². The molecular formula is C18H36N2O2. The minimum absolute atomic E-state index is 0.165. The molecule has 0 aliphatic heterocycles. The molecule has 0 bridgehead atoms. The first-order valence-electron chi connectivity index (χ1n) is 9.21. The molecule has 0 radical (unpaired) electrons. The molecule has 0 saturated carbocycles. The van der Waals surface area contributed by atoms with Crippen LogP contribution in [0.1, 0.15) is 96.8 Å². The smallest absolute Gasteiger partial charge is 0.219 e. The molecule has 0 heterocycles. The minimum atomic E-state index is -0.241. The van der Waals surface area contributed by atoms with E-state index < -0.39 is 0 Å². The van der Waals surface area contributed by atoms with Crippen LogP contribution in [0.3, 0.4) is 0 Å². The number of hydrogen-bond acceptors (Lipinski definition) is 2. The first-order chi connectivity index (χ1) is 10.7. The van der Waals surface area contributed by atoms with Crippen LogP contribution in [0.2, 0.25) is 0 Å². The molecule has 0 rings (SSSR count). The Bertz CT molecular complexity index is 280. The van der Waals surface area contributed by atoms with Crippen LogP contribution >= 0.6 is 0 Å². The maximum absolute atomic E-state index is 11.6. The van der Waals surface area contributed by atoms with Gasteiger partial charge < -0.3 is 11.1 Å². The predicted octanol–water partition coefficient (Wildman–Crippen LogP) is 4.07. The molecule has 0 spiro atoms. The Labute approximate surface area is 136 Å². The molecule has 0 atom stereocenters. The summed E-state index contributed by atoms with van der Waals surface area (Å²) in [5.74, 6) is -0.0766. The van der Waals surface area contributed by atoms with Crippen molar-refractivity contribution in [1.29, 1.82) is 0 Å². The summed E-state index contributed by atoms with van der Waals surface area (Å²) in [5.41, 5.74) is 5.07. The molecule has 0 aromatic rings. The van der Waals surface area contributed by atoms with Crippen molar-refractivity contribution < 1.29 is 9.59 Å². The number of nitrogens with two attached hydrogens (primary N) is 1. The Morgan fingerprint density at radius 1 is 0.727 bits per heavy atom. The highest BCUT2D eigenvalue weighted by molar-refractivity contribution is 5.75. The summed E-state index contributed by atoms with van der Waals surface area (Å²) in [4.78, 5) is 22.2. The number of primary amides is 1. The van der Waals surface area contributed by atoms with Gasteiger partial charge >= 0.3 is 0 Å². The number of amides is 2. The number of carbonyl (C=O) groups is 2. The summed E-state index contributed by atoms with van der Waals surface area (Å²) in [6.45, 7) is 2.96. The fourth-order valence-corrected chi connectivity index (χ4v) is 2.51. The minimum Gasteiger partial charge on any atom is -0.370 e. The van der Waals surface area contributed by atoms with Crippen molar-refractivity contribution in [2.75, 3.05) is 6.54 Å². The van der Waals surface area contributed by atoms with E-state index in [0.29, 0.717) is 12.8 Å². The van der Waals surface area contributed by atoms with E-state index in [4.69, 9.17) is 5.73 Å². The first kappa shape index (κ1) is 20.9. The molecular weight excluding hydrogens is 276 g/mol. The molecule has 22 heavy (non-hydrogen) atoms. The summed E-state index contributed by atoms with van der Waals surface area (Å²) >= 11 is 0. The van der Waals surface area contributed by atoms with Crippen LogP contribution in [-0.4, -0.2) is 18.4 Å². The van der Waals surface area contributed by atoms with Gasteiger partial charge in [0.15, 0.2) is 0 Å². The van der Waals surface area contributed by atoms with E-state index in [2.05, 4.69) is 12.2 Å². The van der Waals surface area contributed by atoms with Gasteiger partial charge in [0, 0.05) is 19.4 Å². The maximum Gasteiger partial charge on any atom is 0.219 e. The third kappa shape index (κ3) is 17.0. The van der Waals surface area contributed by atoms with Crippen LogP contribution in [0.4, 0.5) is 0 Å². The number of nitrogens with one attached hydrogen (secondary N) is 1.